The summed E-state index contributed by atoms with van der Waals surface area (Å²) < 4.78 is 5.28. The quantitative estimate of drug-likeness (QED) is 0.527. The molecule has 0 bridgehead atoms. The molecule has 1 heterocycles. The summed E-state index contributed by atoms with van der Waals surface area (Å²) in [6, 6.07) is 0.174. The highest BCUT2D eigenvalue weighted by Crippen LogP contribution is 2.19. The van der Waals surface area contributed by atoms with Crippen molar-refractivity contribution < 1.29 is 9.84 Å². The Morgan fingerprint density at radius 3 is 2.69 bits per heavy atom. The number of hydrogen-bond acceptors (Lipinski definition) is 4. The van der Waals surface area contributed by atoms with Crippen molar-refractivity contribution in [3.63, 3.8) is 0 Å². The van der Waals surface area contributed by atoms with E-state index in [0.29, 0.717) is 5.92 Å². The number of hydrogen-bond donors (Lipinski definition) is 3. The van der Waals surface area contributed by atoms with Crippen LogP contribution >= 0.6 is 0 Å². The van der Waals surface area contributed by atoms with Gasteiger partial charge in [-0.2, -0.15) is 0 Å². The fourth-order valence-electron chi connectivity index (χ4n) is 1.77. The lowest BCUT2D eigenvalue weighted by atomic mass is 9.93. The van der Waals surface area contributed by atoms with Gasteiger partial charge >= 0.3 is 0 Å². The monoisotopic (exact) mass is 188 g/mol. The van der Waals surface area contributed by atoms with Crippen LogP contribution in [0.4, 0.5) is 0 Å². The van der Waals surface area contributed by atoms with Crippen LogP contribution in [0.25, 0.3) is 0 Å². The van der Waals surface area contributed by atoms with Crippen LogP contribution < -0.4 is 10.9 Å². The van der Waals surface area contributed by atoms with Gasteiger partial charge in [-0.3, -0.25) is 10.9 Å². The fraction of sp³-hybridized carbons (Fsp3) is 1.00. The maximum Gasteiger partial charge on any atom is 0.0598 e. The van der Waals surface area contributed by atoms with Crippen molar-refractivity contribution in [1.29, 1.82) is 0 Å². The molecule has 78 valence electrons. The highest BCUT2D eigenvalue weighted by molar-refractivity contribution is 4.71. The highest BCUT2D eigenvalue weighted by Gasteiger charge is 2.18. The molecule has 0 saturated carbocycles. The first-order valence-electron chi connectivity index (χ1n) is 4.97. The molecule has 4 nitrogen and oxygen atoms in total. The van der Waals surface area contributed by atoms with Crippen LogP contribution in [0.15, 0.2) is 0 Å². The van der Waals surface area contributed by atoms with E-state index in [0.717, 1.165) is 32.5 Å². The standard InChI is InChI=1S/C9H20N2O2/c1-10-11-9(7-12)6-8-2-4-13-5-3-8/h8-12H,2-7H2,1H3/t9-/m0/s1. The van der Waals surface area contributed by atoms with E-state index in [4.69, 9.17) is 9.84 Å². The summed E-state index contributed by atoms with van der Waals surface area (Å²) in [6.45, 7) is 1.95. The zero-order chi connectivity index (χ0) is 9.52. The summed E-state index contributed by atoms with van der Waals surface area (Å²) in [5.41, 5.74) is 5.91. The van der Waals surface area contributed by atoms with E-state index in [1.807, 2.05) is 7.05 Å². The number of hydrazine groups is 1. The van der Waals surface area contributed by atoms with Crippen molar-refractivity contribution in [2.75, 3.05) is 26.9 Å². The molecule has 0 radical (unpaired) electrons. The first-order valence-corrected chi connectivity index (χ1v) is 4.97. The second-order valence-corrected chi connectivity index (χ2v) is 3.57. The molecule has 1 saturated heterocycles. The van der Waals surface area contributed by atoms with Crippen LogP contribution in [0.5, 0.6) is 0 Å². The summed E-state index contributed by atoms with van der Waals surface area (Å²) in [4.78, 5) is 0. The second kappa shape index (κ2) is 6.32. The predicted molar refractivity (Wildman–Crippen MR) is 51.2 cm³/mol. The number of rotatable bonds is 5. The Balaban J connectivity index is 2.18. The van der Waals surface area contributed by atoms with Gasteiger partial charge in [0.05, 0.1) is 6.61 Å². The normalized spacial score (nSPS) is 21.7. The first-order chi connectivity index (χ1) is 6.36. The van der Waals surface area contributed by atoms with Crippen LogP contribution in [-0.4, -0.2) is 38.0 Å². The third kappa shape index (κ3) is 4.04. The van der Waals surface area contributed by atoms with Crippen LogP contribution in [0, 0.1) is 5.92 Å². The maximum atomic E-state index is 9.05. The zero-order valence-corrected chi connectivity index (χ0v) is 8.25. The Labute approximate surface area is 79.6 Å². The van der Waals surface area contributed by atoms with E-state index in [9.17, 15) is 0 Å². The van der Waals surface area contributed by atoms with Crippen LogP contribution in [0.3, 0.4) is 0 Å². The van der Waals surface area contributed by atoms with E-state index in [1.165, 1.54) is 0 Å². The van der Waals surface area contributed by atoms with Crippen molar-refractivity contribution in [2.45, 2.75) is 25.3 Å². The Kier molecular flexibility index (Phi) is 5.31. The number of aliphatic hydroxyl groups is 1. The molecule has 0 aromatic rings. The maximum absolute atomic E-state index is 9.05. The smallest absolute Gasteiger partial charge is 0.0598 e. The molecule has 0 aromatic carbocycles. The number of aliphatic hydroxyl groups excluding tert-OH is 1. The van der Waals surface area contributed by atoms with E-state index >= 15 is 0 Å². The lowest BCUT2D eigenvalue weighted by Gasteiger charge is -2.26. The molecule has 0 spiro atoms. The summed E-state index contributed by atoms with van der Waals surface area (Å²) in [5.74, 6) is 0.701. The minimum Gasteiger partial charge on any atom is -0.395 e. The van der Waals surface area contributed by atoms with Gasteiger partial charge in [0.1, 0.15) is 0 Å². The van der Waals surface area contributed by atoms with Crippen molar-refractivity contribution >= 4 is 0 Å². The lowest BCUT2D eigenvalue weighted by Crippen LogP contribution is -2.42. The van der Waals surface area contributed by atoms with Gasteiger partial charge in [0.2, 0.25) is 0 Å². The SMILES string of the molecule is CNN[C@H](CO)CC1CCOCC1. The van der Waals surface area contributed by atoms with Gasteiger partial charge < -0.3 is 9.84 Å². The van der Waals surface area contributed by atoms with Crippen LogP contribution in [-0.2, 0) is 4.74 Å². The zero-order valence-electron chi connectivity index (χ0n) is 8.25. The van der Waals surface area contributed by atoms with Gasteiger partial charge in [0.15, 0.2) is 0 Å². The minimum atomic E-state index is 0.174. The third-order valence-electron chi connectivity index (χ3n) is 2.53. The number of nitrogens with one attached hydrogen (secondary N) is 2. The molecule has 0 amide bonds. The summed E-state index contributed by atoms with van der Waals surface area (Å²) >= 11 is 0. The van der Waals surface area contributed by atoms with Gasteiger partial charge in [-0.15, -0.1) is 0 Å². The average molecular weight is 188 g/mol. The second-order valence-electron chi connectivity index (χ2n) is 3.57. The van der Waals surface area contributed by atoms with Gasteiger partial charge in [0, 0.05) is 19.3 Å². The van der Waals surface area contributed by atoms with Gasteiger partial charge in [-0.05, 0) is 32.2 Å². The fourth-order valence-corrected chi connectivity index (χ4v) is 1.77. The van der Waals surface area contributed by atoms with E-state index < -0.39 is 0 Å². The lowest BCUT2D eigenvalue weighted by molar-refractivity contribution is 0.0566. The summed E-state index contributed by atoms with van der Waals surface area (Å²) in [5, 5.41) is 9.05. The molecular weight excluding hydrogens is 168 g/mol. The molecule has 1 aliphatic heterocycles. The molecule has 3 N–H and O–H groups in total. The molecule has 0 unspecified atom stereocenters. The molecule has 0 aliphatic carbocycles. The van der Waals surface area contributed by atoms with E-state index in [1.54, 1.807) is 0 Å². The highest BCUT2D eigenvalue weighted by atomic mass is 16.5. The predicted octanol–water partition coefficient (Wildman–Crippen LogP) is -0.112. The average Bonchev–Trinajstić information content (AvgIpc) is 2.19. The Morgan fingerprint density at radius 1 is 1.46 bits per heavy atom. The molecular formula is C9H20N2O2. The topological polar surface area (TPSA) is 53.5 Å². The largest absolute Gasteiger partial charge is 0.395 e. The third-order valence-corrected chi connectivity index (χ3v) is 2.53. The van der Waals surface area contributed by atoms with E-state index in [2.05, 4.69) is 10.9 Å². The van der Waals surface area contributed by atoms with Crippen molar-refractivity contribution in [2.24, 2.45) is 5.92 Å². The Morgan fingerprint density at radius 2 is 2.15 bits per heavy atom. The van der Waals surface area contributed by atoms with Gasteiger partial charge in [-0.25, -0.2) is 0 Å². The van der Waals surface area contributed by atoms with E-state index in [-0.39, 0.29) is 12.6 Å². The van der Waals surface area contributed by atoms with Crippen LogP contribution in [0.1, 0.15) is 19.3 Å². The van der Waals surface area contributed by atoms with Gasteiger partial charge in [-0.1, -0.05) is 0 Å². The van der Waals surface area contributed by atoms with Gasteiger partial charge in [0.25, 0.3) is 0 Å². The number of ether oxygens (including phenoxy) is 1. The van der Waals surface area contributed by atoms with Crippen LogP contribution in [0.2, 0.25) is 0 Å². The first kappa shape index (κ1) is 10.9. The van der Waals surface area contributed by atoms with Crippen molar-refractivity contribution in [1.82, 2.24) is 10.9 Å². The molecule has 1 rings (SSSR count). The molecule has 0 aromatic heterocycles. The Bertz CT molecular complexity index is 124. The minimum absolute atomic E-state index is 0.174. The summed E-state index contributed by atoms with van der Waals surface area (Å²) in [6.07, 6.45) is 3.28. The molecule has 1 fully saturated rings. The summed E-state index contributed by atoms with van der Waals surface area (Å²) in [7, 11) is 1.83. The molecule has 1 aliphatic rings. The van der Waals surface area contributed by atoms with Crippen molar-refractivity contribution in [3.05, 3.63) is 0 Å². The Hall–Kier alpha value is -0.160. The molecule has 1 atom stereocenters. The molecule has 13 heavy (non-hydrogen) atoms. The molecule has 4 heteroatoms. The van der Waals surface area contributed by atoms with Crippen molar-refractivity contribution in [3.8, 4) is 0 Å².